The van der Waals surface area contributed by atoms with Gasteiger partial charge in [-0.25, -0.2) is 0 Å². The molecule has 4 N–H and O–H groups in total. The van der Waals surface area contributed by atoms with E-state index in [4.69, 9.17) is 19.3 Å². The number of rotatable bonds is 9. The van der Waals surface area contributed by atoms with Gasteiger partial charge in [0.05, 0.1) is 13.2 Å². The lowest BCUT2D eigenvalue weighted by atomic mass is 9.99. The van der Waals surface area contributed by atoms with Crippen LogP contribution in [-0.2, 0) is 15.9 Å². The summed E-state index contributed by atoms with van der Waals surface area (Å²) in [5.41, 5.74) is 1.20. The highest BCUT2D eigenvalue weighted by atomic mass is 16.7. The van der Waals surface area contributed by atoms with Crippen molar-refractivity contribution in [2.45, 2.75) is 56.9 Å². The summed E-state index contributed by atoms with van der Waals surface area (Å²) >= 11 is 0. The molecule has 1 aromatic rings. The second-order valence-corrected chi connectivity index (χ2v) is 6.10. The number of benzene rings is 1. The van der Waals surface area contributed by atoms with Crippen molar-refractivity contribution in [3.05, 3.63) is 29.8 Å². The topological polar surface area (TPSA) is 109 Å². The first-order chi connectivity index (χ1) is 12.1. The van der Waals surface area contributed by atoms with E-state index >= 15 is 0 Å². The number of hydrogen-bond acceptors (Lipinski definition) is 7. The third-order valence-corrected chi connectivity index (χ3v) is 4.22. The minimum atomic E-state index is -1.40. The van der Waals surface area contributed by atoms with Gasteiger partial charge in [0.1, 0.15) is 30.2 Å². The summed E-state index contributed by atoms with van der Waals surface area (Å²) in [5, 5.41) is 38.4. The molecule has 7 nitrogen and oxygen atoms in total. The van der Waals surface area contributed by atoms with Crippen LogP contribution in [0, 0.1) is 0 Å². The van der Waals surface area contributed by atoms with Gasteiger partial charge in [0.2, 0.25) is 0 Å². The van der Waals surface area contributed by atoms with Gasteiger partial charge in [-0.2, -0.15) is 0 Å². The van der Waals surface area contributed by atoms with Crippen molar-refractivity contribution in [1.82, 2.24) is 0 Å². The van der Waals surface area contributed by atoms with Crippen molar-refractivity contribution in [2.75, 3.05) is 19.8 Å². The minimum Gasteiger partial charge on any atom is -0.494 e. The van der Waals surface area contributed by atoms with Crippen molar-refractivity contribution in [3.63, 3.8) is 0 Å². The summed E-state index contributed by atoms with van der Waals surface area (Å²) in [5.74, 6) is 0.859. The Morgan fingerprint density at radius 3 is 2.36 bits per heavy atom. The van der Waals surface area contributed by atoms with Gasteiger partial charge in [-0.15, -0.1) is 0 Å². The van der Waals surface area contributed by atoms with Crippen molar-refractivity contribution in [1.29, 1.82) is 0 Å². The molecule has 1 aliphatic rings. The maximum Gasteiger partial charge on any atom is 0.186 e. The number of aliphatic hydroxyl groups is 4. The largest absolute Gasteiger partial charge is 0.494 e. The van der Waals surface area contributed by atoms with Crippen LogP contribution in [-0.4, -0.2) is 71.0 Å². The second kappa shape index (κ2) is 10.1. The molecule has 0 bridgehead atoms. The van der Waals surface area contributed by atoms with Gasteiger partial charge in [-0.05, 0) is 43.9 Å². The fourth-order valence-corrected chi connectivity index (χ4v) is 2.75. The van der Waals surface area contributed by atoms with Crippen LogP contribution >= 0.6 is 0 Å². The third-order valence-electron chi connectivity index (χ3n) is 4.22. The lowest BCUT2D eigenvalue weighted by Crippen LogP contribution is -2.59. The molecule has 1 aliphatic heterocycles. The Balaban J connectivity index is 1.68. The monoisotopic (exact) mass is 356 g/mol. The van der Waals surface area contributed by atoms with Gasteiger partial charge in [0.25, 0.3) is 0 Å². The Bertz CT molecular complexity index is 491. The van der Waals surface area contributed by atoms with E-state index in [-0.39, 0.29) is 0 Å². The number of aliphatic hydroxyl groups excluding tert-OH is 4. The van der Waals surface area contributed by atoms with Crippen LogP contribution in [0.15, 0.2) is 24.3 Å². The lowest BCUT2D eigenvalue weighted by Gasteiger charge is -2.39. The molecule has 5 atom stereocenters. The van der Waals surface area contributed by atoms with E-state index in [1.807, 2.05) is 31.2 Å². The van der Waals surface area contributed by atoms with Crippen molar-refractivity contribution in [3.8, 4) is 5.75 Å². The standard InChI is InChI=1S/C18H28O7/c1-2-23-13-8-6-12(7-9-13)5-3-4-10-24-18-17(22)16(21)15(20)14(11-19)25-18/h6-9,14-22H,2-5,10-11H2,1H3. The highest BCUT2D eigenvalue weighted by Crippen LogP contribution is 2.22. The molecular formula is C18H28O7. The molecule has 0 amide bonds. The van der Waals surface area contributed by atoms with Crippen LogP contribution in [0.25, 0.3) is 0 Å². The van der Waals surface area contributed by atoms with E-state index in [9.17, 15) is 15.3 Å². The van der Waals surface area contributed by atoms with Crippen LogP contribution in [0.1, 0.15) is 25.3 Å². The Morgan fingerprint density at radius 1 is 1.00 bits per heavy atom. The molecule has 5 unspecified atom stereocenters. The summed E-state index contributed by atoms with van der Waals surface area (Å²) < 4.78 is 16.1. The van der Waals surface area contributed by atoms with Crippen LogP contribution in [0.5, 0.6) is 5.75 Å². The molecular weight excluding hydrogens is 328 g/mol. The summed E-state index contributed by atoms with van der Waals surface area (Å²) in [7, 11) is 0. The predicted molar refractivity (Wildman–Crippen MR) is 90.3 cm³/mol. The third kappa shape index (κ3) is 5.64. The Labute approximate surface area is 147 Å². The van der Waals surface area contributed by atoms with Crippen molar-refractivity contribution < 1.29 is 34.6 Å². The summed E-state index contributed by atoms with van der Waals surface area (Å²) in [6.45, 7) is 2.49. The molecule has 0 aliphatic carbocycles. The zero-order valence-electron chi connectivity index (χ0n) is 14.5. The second-order valence-electron chi connectivity index (χ2n) is 6.10. The van der Waals surface area contributed by atoms with Gasteiger partial charge < -0.3 is 34.6 Å². The SMILES string of the molecule is CCOc1ccc(CCCCOC2OC(CO)C(O)C(O)C2O)cc1. The van der Waals surface area contributed by atoms with Gasteiger partial charge in [-0.3, -0.25) is 0 Å². The van der Waals surface area contributed by atoms with Gasteiger partial charge in [0, 0.05) is 6.61 Å². The molecule has 25 heavy (non-hydrogen) atoms. The van der Waals surface area contributed by atoms with Gasteiger partial charge in [0.15, 0.2) is 6.29 Å². The van der Waals surface area contributed by atoms with E-state index in [1.165, 1.54) is 5.56 Å². The Hall–Kier alpha value is -1.22. The van der Waals surface area contributed by atoms with Gasteiger partial charge in [-0.1, -0.05) is 12.1 Å². The molecule has 1 aromatic carbocycles. The maximum absolute atomic E-state index is 9.87. The Kier molecular flexibility index (Phi) is 8.08. The van der Waals surface area contributed by atoms with E-state index in [0.717, 1.165) is 25.0 Å². The number of hydrogen-bond donors (Lipinski definition) is 4. The fraction of sp³-hybridized carbons (Fsp3) is 0.667. The molecule has 2 rings (SSSR count). The Morgan fingerprint density at radius 2 is 1.72 bits per heavy atom. The maximum atomic E-state index is 9.87. The first kappa shape index (κ1) is 20.1. The van der Waals surface area contributed by atoms with Crippen LogP contribution < -0.4 is 4.74 Å². The normalized spacial score (nSPS) is 29.6. The molecule has 0 saturated carbocycles. The quantitative estimate of drug-likeness (QED) is 0.469. The lowest BCUT2D eigenvalue weighted by molar-refractivity contribution is -0.301. The summed E-state index contributed by atoms with van der Waals surface area (Å²) in [4.78, 5) is 0. The number of aryl methyl sites for hydroxylation is 1. The van der Waals surface area contributed by atoms with E-state index in [1.54, 1.807) is 0 Å². The minimum absolute atomic E-state index is 0.347. The zero-order chi connectivity index (χ0) is 18.2. The fourth-order valence-electron chi connectivity index (χ4n) is 2.75. The average Bonchev–Trinajstić information content (AvgIpc) is 2.63. The zero-order valence-corrected chi connectivity index (χ0v) is 14.5. The molecule has 142 valence electrons. The number of unbranched alkanes of at least 4 members (excludes halogenated alkanes) is 1. The highest BCUT2D eigenvalue weighted by molar-refractivity contribution is 5.27. The molecule has 7 heteroatoms. The first-order valence-electron chi connectivity index (χ1n) is 8.70. The smallest absolute Gasteiger partial charge is 0.186 e. The van der Waals surface area contributed by atoms with E-state index < -0.39 is 37.3 Å². The summed E-state index contributed by atoms with van der Waals surface area (Å²) in [6.07, 6.45) is -3.56. The van der Waals surface area contributed by atoms with Crippen LogP contribution in [0.2, 0.25) is 0 Å². The van der Waals surface area contributed by atoms with Gasteiger partial charge >= 0.3 is 0 Å². The molecule has 0 aromatic heterocycles. The van der Waals surface area contributed by atoms with Crippen molar-refractivity contribution >= 4 is 0 Å². The first-order valence-corrected chi connectivity index (χ1v) is 8.70. The van der Waals surface area contributed by atoms with Crippen LogP contribution in [0.3, 0.4) is 0 Å². The van der Waals surface area contributed by atoms with Crippen molar-refractivity contribution in [2.24, 2.45) is 0 Å². The predicted octanol–water partition coefficient (Wildman–Crippen LogP) is 0.224. The summed E-state index contributed by atoms with van der Waals surface area (Å²) in [6, 6.07) is 7.96. The van der Waals surface area contributed by atoms with E-state index in [0.29, 0.717) is 13.2 Å². The van der Waals surface area contributed by atoms with Crippen LogP contribution in [0.4, 0.5) is 0 Å². The molecule has 1 heterocycles. The highest BCUT2D eigenvalue weighted by Gasteiger charge is 2.43. The average molecular weight is 356 g/mol. The molecule has 1 fully saturated rings. The molecule has 0 radical (unpaired) electrons. The van der Waals surface area contributed by atoms with E-state index in [2.05, 4.69) is 0 Å². The molecule has 0 spiro atoms. The molecule has 1 saturated heterocycles. The number of ether oxygens (including phenoxy) is 3.